The number of aryl methyl sites for hydroxylation is 1. The molecule has 1 amide bonds. The molecule has 1 atom stereocenters. The molecule has 122 valence electrons. The summed E-state index contributed by atoms with van der Waals surface area (Å²) < 4.78 is 5.70. The molecule has 0 heterocycles. The molecule has 0 aliphatic rings. The van der Waals surface area contributed by atoms with Gasteiger partial charge in [0.25, 0.3) is 5.91 Å². The first-order chi connectivity index (χ1) is 10.5. The predicted molar refractivity (Wildman–Crippen MR) is 92.8 cm³/mol. The molecule has 0 spiro atoms. The highest BCUT2D eigenvalue weighted by atomic mass is 32.1. The van der Waals surface area contributed by atoms with E-state index in [9.17, 15) is 4.79 Å². The normalized spacial score (nSPS) is 11.5. The Morgan fingerprint density at radius 1 is 1.32 bits per heavy atom. The first-order valence-electron chi connectivity index (χ1n) is 7.52. The average Bonchev–Trinajstić information content (AvgIpc) is 2.49. The number of hydrogen-bond donors (Lipinski definition) is 3. The lowest BCUT2D eigenvalue weighted by Gasteiger charge is -2.18. The molecule has 0 bridgehead atoms. The van der Waals surface area contributed by atoms with E-state index in [2.05, 4.69) is 23.1 Å². The van der Waals surface area contributed by atoms with E-state index in [0.29, 0.717) is 10.9 Å². The van der Waals surface area contributed by atoms with E-state index >= 15 is 0 Å². The maximum absolute atomic E-state index is 12.0. The quantitative estimate of drug-likeness (QED) is 0.426. The number of carbonyl (C=O) groups is 1. The summed E-state index contributed by atoms with van der Waals surface area (Å²) in [5, 5.41) is 3.41. The summed E-state index contributed by atoms with van der Waals surface area (Å²) in [6.07, 6.45) is 1.50. The Hall–Kier alpha value is -1.82. The Balaban J connectivity index is 2.42. The van der Waals surface area contributed by atoms with Gasteiger partial charge in [0, 0.05) is 6.54 Å². The van der Waals surface area contributed by atoms with E-state index < -0.39 is 6.10 Å². The Kier molecular flexibility index (Phi) is 7.66. The molecular weight excluding hydrogens is 298 g/mol. The summed E-state index contributed by atoms with van der Waals surface area (Å²) in [4.78, 5) is 12.0. The second-order valence-electron chi connectivity index (χ2n) is 5.18. The first-order valence-corrected chi connectivity index (χ1v) is 7.93. The second-order valence-corrected chi connectivity index (χ2v) is 5.59. The van der Waals surface area contributed by atoms with Crippen molar-refractivity contribution in [1.82, 2.24) is 16.2 Å². The molecule has 3 N–H and O–H groups in total. The molecule has 0 unspecified atom stereocenters. The van der Waals surface area contributed by atoms with Crippen LogP contribution in [-0.2, 0) is 4.79 Å². The number of thiocarbonyl (C=S) groups is 1. The Morgan fingerprint density at radius 3 is 2.73 bits per heavy atom. The molecule has 0 saturated heterocycles. The summed E-state index contributed by atoms with van der Waals surface area (Å²) in [7, 11) is 0. The van der Waals surface area contributed by atoms with Gasteiger partial charge in [-0.15, -0.1) is 0 Å². The molecule has 0 fully saturated rings. The zero-order chi connectivity index (χ0) is 16.5. The number of amides is 1. The molecule has 0 aliphatic carbocycles. The number of hydrogen-bond acceptors (Lipinski definition) is 3. The van der Waals surface area contributed by atoms with Crippen LogP contribution in [0.25, 0.3) is 0 Å². The van der Waals surface area contributed by atoms with Gasteiger partial charge >= 0.3 is 0 Å². The van der Waals surface area contributed by atoms with Crippen molar-refractivity contribution in [3.05, 3.63) is 29.3 Å². The standard InChI is InChI=1S/C16H25N3O2S/c1-5-6-10-17-16(22)19-18-15(20)13(4)21-14-9-7-8-11(2)12(14)3/h7-9,13H,5-6,10H2,1-4H3,(H,18,20)(H2,17,19,22)/t13-/m1/s1. The molecule has 0 aliphatic heterocycles. The SMILES string of the molecule is CCCCNC(=S)NNC(=O)[C@@H](C)Oc1cccc(C)c1C. The highest BCUT2D eigenvalue weighted by molar-refractivity contribution is 7.80. The van der Waals surface area contributed by atoms with Gasteiger partial charge in [-0.1, -0.05) is 25.5 Å². The maximum Gasteiger partial charge on any atom is 0.279 e. The molecule has 22 heavy (non-hydrogen) atoms. The van der Waals surface area contributed by atoms with Gasteiger partial charge in [-0.3, -0.25) is 15.6 Å². The van der Waals surface area contributed by atoms with E-state index in [0.717, 1.165) is 30.5 Å². The van der Waals surface area contributed by atoms with Gasteiger partial charge in [-0.25, -0.2) is 0 Å². The largest absolute Gasteiger partial charge is 0.481 e. The number of ether oxygens (including phenoxy) is 1. The molecule has 0 aromatic heterocycles. The van der Waals surface area contributed by atoms with Gasteiger partial charge in [-0.2, -0.15) is 0 Å². The van der Waals surface area contributed by atoms with E-state index in [1.165, 1.54) is 0 Å². The van der Waals surface area contributed by atoms with Gasteiger partial charge in [0.2, 0.25) is 0 Å². The predicted octanol–water partition coefficient (Wildman–Crippen LogP) is 2.37. The van der Waals surface area contributed by atoms with Crippen LogP contribution in [0.1, 0.15) is 37.8 Å². The topological polar surface area (TPSA) is 62.4 Å². The number of carbonyl (C=O) groups excluding carboxylic acids is 1. The monoisotopic (exact) mass is 323 g/mol. The lowest BCUT2D eigenvalue weighted by atomic mass is 10.1. The van der Waals surface area contributed by atoms with Crippen molar-refractivity contribution < 1.29 is 9.53 Å². The fourth-order valence-corrected chi connectivity index (χ4v) is 1.89. The highest BCUT2D eigenvalue weighted by Gasteiger charge is 2.16. The van der Waals surface area contributed by atoms with Gasteiger partial charge in [0.05, 0.1) is 0 Å². The van der Waals surface area contributed by atoms with Crippen molar-refractivity contribution >= 4 is 23.2 Å². The van der Waals surface area contributed by atoms with Crippen molar-refractivity contribution in [1.29, 1.82) is 0 Å². The van der Waals surface area contributed by atoms with Crippen LogP contribution in [0.3, 0.4) is 0 Å². The number of rotatable bonds is 6. The zero-order valence-electron chi connectivity index (χ0n) is 13.7. The third kappa shape index (κ3) is 5.89. The van der Waals surface area contributed by atoms with E-state index in [4.69, 9.17) is 17.0 Å². The number of benzene rings is 1. The van der Waals surface area contributed by atoms with E-state index in [-0.39, 0.29) is 5.91 Å². The summed E-state index contributed by atoms with van der Waals surface area (Å²) in [5.41, 5.74) is 7.38. The molecule has 1 aromatic rings. The highest BCUT2D eigenvalue weighted by Crippen LogP contribution is 2.21. The summed E-state index contributed by atoms with van der Waals surface area (Å²) in [6, 6.07) is 5.78. The molecule has 1 rings (SSSR count). The van der Waals surface area contributed by atoms with Crippen molar-refractivity contribution in [3.63, 3.8) is 0 Å². The minimum Gasteiger partial charge on any atom is -0.481 e. The van der Waals surface area contributed by atoms with Crippen LogP contribution in [0, 0.1) is 13.8 Å². The van der Waals surface area contributed by atoms with Crippen LogP contribution in [0.2, 0.25) is 0 Å². The second kappa shape index (κ2) is 9.25. The summed E-state index contributed by atoms with van der Waals surface area (Å²) in [5.74, 6) is 0.437. The molecule has 1 aromatic carbocycles. The van der Waals surface area contributed by atoms with Crippen LogP contribution in [0.4, 0.5) is 0 Å². The van der Waals surface area contributed by atoms with Crippen LogP contribution in [-0.4, -0.2) is 23.7 Å². The van der Waals surface area contributed by atoms with Crippen LogP contribution < -0.4 is 20.9 Å². The van der Waals surface area contributed by atoms with Gasteiger partial charge in [-0.05, 0) is 56.6 Å². The Labute approximate surface area is 137 Å². The summed E-state index contributed by atoms with van der Waals surface area (Å²) >= 11 is 5.06. The summed E-state index contributed by atoms with van der Waals surface area (Å²) in [6.45, 7) is 8.57. The minimum atomic E-state index is -0.619. The maximum atomic E-state index is 12.0. The molecular formula is C16H25N3O2S. The number of unbranched alkanes of at least 4 members (excludes halogenated alkanes) is 1. The third-order valence-corrected chi connectivity index (χ3v) is 3.59. The molecule has 0 radical (unpaired) electrons. The van der Waals surface area contributed by atoms with Crippen molar-refractivity contribution in [2.75, 3.05) is 6.54 Å². The average molecular weight is 323 g/mol. The molecule has 5 nitrogen and oxygen atoms in total. The fraction of sp³-hybridized carbons (Fsp3) is 0.500. The van der Waals surface area contributed by atoms with Gasteiger partial charge < -0.3 is 10.1 Å². The van der Waals surface area contributed by atoms with Gasteiger partial charge in [0.15, 0.2) is 11.2 Å². The molecule has 6 heteroatoms. The van der Waals surface area contributed by atoms with E-state index in [1.807, 2.05) is 32.0 Å². The zero-order valence-corrected chi connectivity index (χ0v) is 14.5. The lowest BCUT2D eigenvalue weighted by Crippen LogP contribution is -2.50. The number of hydrazine groups is 1. The van der Waals surface area contributed by atoms with Crippen molar-refractivity contribution in [2.24, 2.45) is 0 Å². The fourth-order valence-electron chi connectivity index (χ4n) is 1.74. The minimum absolute atomic E-state index is 0.277. The van der Waals surface area contributed by atoms with Crippen LogP contribution in [0.5, 0.6) is 5.75 Å². The molecule has 0 saturated carbocycles. The van der Waals surface area contributed by atoms with E-state index in [1.54, 1.807) is 6.92 Å². The lowest BCUT2D eigenvalue weighted by molar-refractivity contribution is -0.127. The van der Waals surface area contributed by atoms with Crippen molar-refractivity contribution in [2.45, 2.75) is 46.6 Å². The first kappa shape index (κ1) is 18.2. The van der Waals surface area contributed by atoms with Gasteiger partial charge in [0.1, 0.15) is 5.75 Å². The van der Waals surface area contributed by atoms with Crippen LogP contribution in [0.15, 0.2) is 18.2 Å². The number of nitrogens with one attached hydrogen (secondary N) is 3. The van der Waals surface area contributed by atoms with Crippen molar-refractivity contribution in [3.8, 4) is 5.75 Å². The Morgan fingerprint density at radius 2 is 2.05 bits per heavy atom. The smallest absolute Gasteiger partial charge is 0.279 e. The third-order valence-electron chi connectivity index (χ3n) is 3.34. The van der Waals surface area contributed by atoms with Crippen LogP contribution >= 0.6 is 12.2 Å². The Bertz CT molecular complexity index is 520.